The van der Waals surface area contributed by atoms with Gasteiger partial charge in [0.05, 0.1) is 11.9 Å². The zero-order chi connectivity index (χ0) is 16.7. The van der Waals surface area contributed by atoms with Crippen LogP contribution >= 0.6 is 0 Å². The minimum Gasteiger partial charge on any atom is -0.335 e. The van der Waals surface area contributed by atoms with Crippen molar-refractivity contribution in [3.63, 3.8) is 0 Å². The van der Waals surface area contributed by atoms with Crippen molar-refractivity contribution in [3.05, 3.63) is 60.9 Å². The molecule has 4 heteroatoms. The Morgan fingerprint density at radius 2 is 2.08 bits per heavy atom. The number of hydrogen-bond acceptors (Lipinski definition) is 2. The van der Waals surface area contributed by atoms with E-state index < -0.39 is 0 Å². The van der Waals surface area contributed by atoms with Crippen LogP contribution in [0.2, 0.25) is 0 Å². The minimum absolute atomic E-state index is 0.234. The van der Waals surface area contributed by atoms with E-state index in [1.807, 2.05) is 17.7 Å². The molecule has 0 aliphatic heterocycles. The first kappa shape index (κ1) is 14.7. The Hall–Kier alpha value is -2.88. The molecule has 0 unspecified atom stereocenters. The van der Waals surface area contributed by atoms with E-state index in [0.717, 1.165) is 22.5 Å². The molecule has 2 heterocycles. The highest BCUT2D eigenvalue weighted by atomic mass is 16.1. The first-order chi connectivity index (χ1) is 11.7. The number of fused-ring (bicyclic) bond motifs is 1. The summed E-state index contributed by atoms with van der Waals surface area (Å²) in [4.78, 5) is 16.0. The minimum atomic E-state index is -0.234. The number of hydrogen-bond donors (Lipinski definition) is 1. The van der Waals surface area contributed by atoms with Gasteiger partial charge in [0.15, 0.2) is 0 Å². The molecule has 0 radical (unpaired) electrons. The highest BCUT2D eigenvalue weighted by Gasteiger charge is 2.23. The number of anilines is 1. The van der Waals surface area contributed by atoms with Gasteiger partial charge in [0.25, 0.3) is 0 Å². The summed E-state index contributed by atoms with van der Waals surface area (Å²) in [7, 11) is 1.99. The summed E-state index contributed by atoms with van der Waals surface area (Å²) in [6.07, 6.45) is 7.63. The predicted molar refractivity (Wildman–Crippen MR) is 97.0 cm³/mol. The van der Waals surface area contributed by atoms with Gasteiger partial charge in [0, 0.05) is 24.2 Å². The average molecular weight is 317 g/mol. The van der Waals surface area contributed by atoms with Crippen LogP contribution in [0.15, 0.2) is 55.4 Å². The molecule has 1 amide bonds. The van der Waals surface area contributed by atoms with Gasteiger partial charge >= 0.3 is 0 Å². The molecule has 1 aromatic carbocycles. The van der Waals surface area contributed by atoms with E-state index in [2.05, 4.69) is 47.3 Å². The third-order valence-corrected chi connectivity index (χ3v) is 4.54. The van der Waals surface area contributed by atoms with E-state index in [4.69, 9.17) is 0 Å². The number of aromatic nitrogens is 2. The molecule has 1 N–H and O–H groups in total. The molecule has 0 atom stereocenters. The monoisotopic (exact) mass is 317 g/mol. The third-order valence-electron chi connectivity index (χ3n) is 4.54. The van der Waals surface area contributed by atoms with Crippen LogP contribution in [0.25, 0.3) is 22.2 Å². The van der Waals surface area contributed by atoms with E-state index >= 15 is 0 Å². The van der Waals surface area contributed by atoms with Gasteiger partial charge in [-0.2, -0.15) is 0 Å². The summed E-state index contributed by atoms with van der Waals surface area (Å²) < 4.78 is 2.01. The lowest BCUT2D eigenvalue weighted by Gasteiger charge is -2.05. The number of pyridine rings is 1. The summed E-state index contributed by atoms with van der Waals surface area (Å²) in [5.74, 6) is 0.524. The van der Waals surface area contributed by atoms with Gasteiger partial charge in [-0.25, -0.2) is 4.98 Å². The summed E-state index contributed by atoms with van der Waals surface area (Å²) in [6.45, 7) is 3.48. The normalized spacial score (nSPS) is 13.9. The highest BCUT2D eigenvalue weighted by molar-refractivity contribution is 6.01. The van der Waals surface area contributed by atoms with Crippen molar-refractivity contribution < 1.29 is 4.79 Å². The van der Waals surface area contributed by atoms with E-state index in [-0.39, 0.29) is 5.91 Å². The van der Waals surface area contributed by atoms with E-state index in [0.29, 0.717) is 5.69 Å². The Labute approximate surface area is 140 Å². The maximum atomic E-state index is 11.5. The maximum Gasteiger partial charge on any atom is 0.247 e. The van der Waals surface area contributed by atoms with Crippen LogP contribution in [0, 0.1) is 0 Å². The molecule has 1 fully saturated rings. The number of carbonyl (C=O) groups is 1. The van der Waals surface area contributed by atoms with Crippen molar-refractivity contribution in [2.24, 2.45) is 7.05 Å². The lowest BCUT2D eigenvalue weighted by atomic mass is 10.0. The molecule has 120 valence electrons. The molecule has 24 heavy (non-hydrogen) atoms. The smallest absolute Gasteiger partial charge is 0.247 e. The number of aryl methyl sites for hydroxylation is 1. The van der Waals surface area contributed by atoms with E-state index in [9.17, 15) is 4.79 Å². The molecular formula is C20H19N3O. The van der Waals surface area contributed by atoms with E-state index in [1.165, 1.54) is 30.0 Å². The zero-order valence-electron chi connectivity index (χ0n) is 13.6. The summed E-state index contributed by atoms with van der Waals surface area (Å²) in [6, 6.07) is 10.8. The number of nitrogens with one attached hydrogen (secondary N) is 1. The second-order valence-corrected chi connectivity index (χ2v) is 6.34. The molecule has 0 spiro atoms. The fourth-order valence-electron chi connectivity index (χ4n) is 3.10. The van der Waals surface area contributed by atoms with Gasteiger partial charge in [-0.3, -0.25) is 4.79 Å². The Balaban J connectivity index is 1.77. The van der Waals surface area contributed by atoms with Crippen LogP contribution in [-0.2, 0) is 11.8 Å². The number of amides is 1. The van der Waals surface area contributed by atoms with Crippen molar-refractivity contribution >= 4 is 22.6 Å². The summed E-state index contributed by atoms with van der Waals surface area (Å²) in [5, 5.41) is 3.80. The Kier molecular flexibility index (Phi) is 3.45. The molecule has 0 bridgehead atoms. The topological polar surface area (TPSA) is 46.9 Å². The van der Waals surface area contributed by atoms with Gasteiger partial charge in [0.2, 0.25) is 5.91 Å². The number of nitrogens with zero attached hydrogens (tertiary/aromatic N) is 2. The highest BCUT2D eigenvalue weighted by Crippen LogP contribution is 2.41. The van der Waals surface area contributed by atoms with E-state index in [1.54, 1.807) is 6.20 Å². The Bertz CT molecular complexity index is 933. The average Bonchev–Trinajstić information content (AvgIpc) is 3.40. The maximum absolute atomic E-state index is 11.5. The van der Waals surface area contributed by atoms with Crippen LogP contribution < -0.4 is 5.32 Å². The molecular weight excluding hydrogens is 298 g/mol. The van der Waals surface area contributed by atoms with Crippen LogP contribution in [0.3, 0.4) is 0 Å². The van der Waals surface area contributed by atoms with Crippen molar-refractivity contribution in [1.29, 1.82) is 0 Å². The molecule has 4 nitrogen and oxygen atoms in total. The fourth-order valence-corrected chi connectivity index (χ4v) is 3.10. The molecule has 0 saturated heterocycles. The van der Waals surface area contributed by atoms with Crippen LogP contribution in [0.1, 0.15) is 24.3 Å². The third kappa shape index (κ3) is 2.60. The number of rotatable bonds is 4. The van der Waals surface area contributed by atoms with Gasteiger partial charge in [0.1, 0.15) is 5.65 Å². The largest absolute Gasteiger partial charge is 0.335 e. The van der Waals surface area contributed by atoms with Gasteiger partial charge in [-0.15, -0.1) is 0 Å². The molecule has 3 aromatic rings. The lowest BCUT2D eigenvalue weighted by molar-refractivity contribution is -0.111. The van der Waals surface area contributed by atoms with Crippen molar-refractivity contribution in [1.82, 2.24) is 9.55 Å². The summed E-state index contributed by atoms with van der Waals surface area (Å²) in [5.41, 5.74) is 5.29. The lowest BCUT2D eigenvalue weighted by Crippen LogP contribution is -2.07. The van der Waals surface area contributed by atoms with Crippen LogP contribution in [-0.4, -0.2) is 15.5 Å². The molecule has 1 aliphatic rings. The van der Waals surface area contributed by atoms with Crippen molar-refractivity contribution in [2.75, 3.05) is 5.32 Å². The Morgan fingerprint density at radius 1 is 1.33 bits per heavy atom. The second kappa shape index (κ2) is 5.64. The molecule has 2 aromatic heterocycles. The SMILES string of the molecule is C=CC(=O)Nc1cnc2c(c1)c(-c1ccc(C3CC3)cc1)cn2C. The molecule has 1 saturated carbocycles. The zero-order valence-corrected chi connectivity index (χ0v) is 13.6. The van der Waals surface area contributed by atoms with Crippen LogP contribution in [0.4, 0.5) is 5.69 Å². The van der Waals surface area contributed by atoms with Crippen molar-refractivity contribution in [3.8, 4) is 11.1 Å². The number of benzene rings is 1. The van der Waals surface area contributed by atoms with Crippen molar-refractivity contribution in [2.45, 2.75) is 18.8 Å². The predicted octanol–water partition coefficient (Wildman–Crippen LogP) is 4.24. The molecule has 1 aliphatic carbocycles. The second-order valence-electron chi connectivity index (χ2n) is 6.34. The fraction of sp³-hybridized carbons (Fsp3) is 0.200. The standard InChI is InChI=1S/C20H19N3O/c1-3-19(24)22-16-10-17-18(12-23(2)20(17)21-11-16)15-8-6-14(7-9-15)13-4-5-13/h3,6-13H,1,4-5H2,2H3,(H,22,24). The molecule has 4 rings (SSSR count). The first-order valence-electron chi connectivity index (χ1n) is 8.14. The van der Waals surface area contributed by atoms with Gasteiger partial charge in [-0.05, 0) is 42.0 Å². The first-order valence-corrected chi connectivity index (χ1v) is 8.14. The summed E-state index contributed by atoms with van der Waals surface area (Å²) >= 11 is 0. The Morgan fingerprint density at radius 3 is 2.75 bits per heavy atom. The number of carbonyl (C=O) groups excluding carboxylic acids is 1. The van der Waals surface area contributed by atoms with Crippen LogP contribution in [0.5, 0.6) is 0 Å². The quantitative estimate of drug-likeness (QED) is 0.732. The van der Waals surface area contributed by atoms with Gasteiger partial charge in [-0.1, -0.05) is 30.8 Å². The van der Waals surface area contributed by atoms with Gasteiger partial charge < -0.3 is 9.88 Å².